The van der Waals surface area contributed by atoms with E-state index in [4.69, 9.17) is 4.74 Å². The van der Waals surface area contributed by atoms with Gasteiger partial charge in [-0.25, -0.2) is 0 Å². The number of amidine groups is 1. The number of nitrogens with zero attached hydrogens (tertiary/aromatic N) is 2. The second kappa shape index (κ2) is 5.73. The van der Waals surface area contributed by atoms with Gasteiger partial charge in [0.15, 0.2) is 0 Å². The molecule has 0 spiro atoms. The van der Waals surface area contributed by atoms with Gasteiger partial charge in [0.25, 0.3) is 0 Å². The molecule has 0 unspecified atom stereocenters. The van der Waals surface area contributed by atoms with Crippen molar-refractivity contribution in [3.63, 3.8) is 0 Å². The summed E-state index contributed by atoms with van der Waals surface area (Å²) in [6.45, 7) is 3.68. The average Bonchev–Trinajstić information content (AvgIpc) is 2.76. The van der Waals surface area contributed by atoms with Crippen LogP contribution in [0, 0.1) is 13.8 Å². The Bertz CT molecular complexity index is 512. The molecule has 6 heteroatoms. The second-order valence-electron chi connectivity index (χ2n) is 4.82. The third kappa shape index (κ3) is 3.65. The quantitative estimate of drug-likeness (QED) is 0.850. The van der Waals surface area contributed by atoms with E-state index >= 15 is 0 Å². The molecule has 0 saturated heterocycles. The number of rotatable bonds is 4. The van der Waals surface area contributed by atoms with Gasteiger partial charge in [-0.2, -0.15) is 13.2 Å². The molecule has 0 aliphatic carbocycles. The second-order valence-corrected chi connectivity index (χ2v) is 4.82. The van der Waals surface area contributed by atoms with Crippen molar-refractivity contribution in [1.29, 1.82) is 0 Å². The first kappa shape index (κ1) is 14.7. The molecule has 1 aliphatic rings. The normalized spacial score (nSPS) is 15.4. The molecule has 1 heterocycles. The molecule has 0 fully saturated rings. The number of ether oxygens (including phenoxy) is 1. The Kier molecular flexibility index (Phi) is 4.20. The van der Waals surface area contributed by atoms with Gasteiger partial charge < -0.3 is 9.64 Å². The lowest BCUT2D eigenvalue weighted by Gasteiger charge is -2.22. The van der Waals surface area contributed by atoms with Gasteiger partial charge in [0.05, 0.1) is 6.54 Å². The van der Waals surface area contributed by atoms with E-state index < -0.39 is 12.7 Å². The van der Waals surface area contributed by atoms with Gasteiger partial charge in [0.1, 0.15) is 24.7 Å². The molecule has 1 aromatic rings. The fourth-order valence-corrected chi connectivity index (χ4v) is 2.08. The molecule has 0 bridgehead atoms. The van der Waals surface area contributed by atoms with E-state index in [1.54, 1.807) is 0 Å². The number of aliphatic imine (C=N–C) groups is 1. The van der Waals surface area contributed by atoms with Crippen molar-refractivity contribution in [2.24, 2.45) is 4.99 Å². The Morgan fingerprint density at radius 3 is 2.75 bits per heavy atom. The van der Waals surface area contributed by atoms with Crippen molar-refractivity contribution >= 4 is 5.84 Å². The van der Waals surface area contributed by atoms with Crippen LogP contribution in [-0.4, -0.2) is 43.2 Å². The fourth-order valence-electron chi connectivity index (χ4n) is 2.08. The van der Waals surface area contributed by atoms with Crippen molar-refractivity contribution in [3.05, 3.63) is 29.3 Å². The highest BCUT2D eigenvalue weighted by atomic mass is 19.4. The van der Waals surface area contributed by atoms with Crippen molar-refractivity contribution in [2.75, 3.05) is 26.2 Å². The summed E-state index contributed by atoms with van der Waals surface area (Å²) in [7, 11) is 0. The van der Waals surface area contributed by atoms with Gasteiger partial charge in [0, 0.05) is 6.54 Å². The molecule has 0 atom stereocenters. The minimum absolute atomic E-state index is 0.0698. The first-order chi connectivity index (χ1) is 9.37. The highest BCUT2D eigenvalue weighted by Gasteiger charge is 2.33. The molecule has 0 N–H and O–H groups in total. The summed E-state index contributed by atoms with van der Waals surface area (Å²) >= 11 is 0. The van der Waals surface area contributed by atoms with Gasteiger partial charge in [-0.15, -0.1) is 0 Å². The monoisotopic (exact) mass is 286 g/mol. The Morgan fingerprint density at radius 2 is 2.05 bits per heavy atom. The third-order valence-electron chi connectivity index (χ3n) is 3.31. The fraction of sp³-hybridized carbons (Fsp3) is 0.500. The zero-order valence-electron chi connectivity index (χ0n) is 11.5. The van der Waals surface area contributed by atoms with Crippen LogP contribution in [0.25, 0.3) is 0 Å². The maximum absolute atomic E-state index is 12.4. The van der Waals surface area contributed by atoms with Crippen LogP contribution in [0.2, 0.25) is 0 Å². The van der Waals surface area contributed by atoms with Crippen LogP contribution in [0.5, 0.6) is 5.75 Å². The number of alkyl halides is 3. The molecule has 1 aliphatic heterocycles. The summed E-state index contributed by atoms with van der Waals surface area (Å²) in [5.74, 6) is 1.05. The number of aryl methyl sites for hydroxylation is 1. The predicted octanol–water partition coefficient (Wildman–Crippen LogP) is 2.96. The van der Waals surface area contributed by atoms with Gasteiger partial charge in [0.2, 0.25) is 0 Å². The van der Waals surface area contributed by atoms with Crippen LogP contribution in [0.4, 0.5) is 13.2 Å². The molecule has 0 saturated carbocycles. The summed E-state index contributed by atoms with van der Waals surface area (Å²) in [6.07, 6.45) is -4.22. The lowest BCUT2D eigenvalue weighted by molar-refractivity contribution is -0.137. The Balaban J connectivity index is 1.98. The molecule has 1 aromatic carbocycles. The molecule has 0 radical (unpaired) electrons. The van der Waals surface area contributed by atoms with Crippen molar-refractivity contribution < 1.29 is 17.9 Å². The maximum atomic E-state index is 12.4. The molecule has 3 nitrogen and oxygen atoms in total. The summed E-state index contributed by atoms with van der Waals surface area (Å²) in [6, 6.07) is 5.64. The van der Waals surface area contributed by atoms with Crippen LogP contribution >= 0.6 is 0 Å². The first-order valence-corrected chi connectivity index (χ1v) is 6.41. The summed E-state index contributed by atoms with van der Waals surface area (Å²) in [5.41, 5.74) is 2.08. The van der Waals surface area contributed by atoms with Crippen LogP contribution in [0.3, 0.4) is 0 Å². The van der Waals surface area contributed by atoms with Gasteiger partial charge in [-0.3, -0.25) is 4.99 Å². The van der Waals surface area contributed by atoms with E-state index in [1.807, 2.05) is 32.0 Å². The topological polar surface area (TPSA) is 24.8 Å². The first-order valence-electron chi connectivity index (χ1n) is 6.41. The third-order valence-corrected chi connectivity index (χ3v) is 3.31. The zero-order chi connectivity index (χ0) is 14.8. The Labute approximate surface area is 116 Å². The largest absolute Gasteiger partial charge is 0.485 e. The highest BCUT2D eigenvalue weighted by Crippen LogP contribution is 2.22. The minimum Gasteiger partial charge on any atom is -0.485 e. The lowest BCUT2D eigenvalue weighted by atomic mass is 10.1. The van der Waals surface area contributed by atoms with E-state index in [-0.39, 0.29) is 6.61 Å². The van der Waals surface area contributed by atoms with Crippen LogP contribution in [-0.2, 0) is 0 Å². The maximum Gasteiger partial charge on any atom is 0.405 e. The summed E-state index contributed by atoms with van der Waals surface area (Å²) in [4.78, 5) is 5.31. The molecule has 0 aromatic heterocycles. The molecular formula is C14H17F3N2O. The smallest absolute Gasteiger partial charge is 0.405 e. The molecule has 0 amide bonds. The minimum atomic E-state index is -4.22. The van der Waals surface area contributed by atoms with Crippen LogP contribution < -0.4 is 4.74 Å². The SMILES string of the molecule is Cc1cccc(OCC2=NCCN2CC(F)(F)F)c1C. The molecule has 20 heavy (non-hydrogen) atoms. The zero-order valence-corrected chi connectivity index (χ0v) is 11.5. The molecule has 110 valence electrons. The van der Waals surface area contributed by atoms with Gasteiger partial charge in [-0.05, 0) is 31.0 Å². The van der Waals surface area contributed by atoms with Gasteiger partial charge in [-0.1, -0.05) is 12.1 Å². The van der Waals surface area contributed by atoms with Crippen molar-refractivity contribution in [1.82, 2.24) is 4.90 Å². The number of halogens is 3. The van der Waals surface area contributed by atoms with E-state index in [9.17, 15) is 13.2 Å². The van der Waals surface area contributed by atoms with Crippen molar-refractivity contribution in [2.45, 2.75) is 20.0 Å². The number of benzene rings is 1. The summed E-state index contributed by atoms with van der Waals surface area (Å²) in [5, 5.41) is 0. The predicted molar refractivity (Wildman–Crippen MR) is 71.3 cm³/mol. The van der Waals surface area contributed by atoms with Crippen molar-refractivity contribution in [3.8, 4) is 5.75 Å². The Morgan fingerprint density at radius 1 is 1.30 bits per heavy atom. The molecule has 2 rings (SSSR count). The average molecular weight is 286 g/mol. The lowest BCUT2D eigenvalue weighted by Crippen LogP contribution is -2.39. The van der Waals surface area contributed by atoms with Gasteiger partial charge >= 0.3 is 6.18 Å². The number of hydrogen-bond acceptors (Lipinski definition) is 3. The highest BCUT2D eigenvalue weighted by molar-refractivity contribution is 5.85. The number of hydrogen-bond donors (Lipinski definition) is 0. The van der Waals surface area contributed by atoms with E-state index in [2.05, 4.69) is 4.99 Å². The standard InChI is InChI=1S/C14H17F3N2O/c1-10-4-3-5-12(11(10)2)20-8-13-18-6-7-19(13)9-14(15,16)17/h3-5H,6-9H2,1-2H3. The summed E-state index contributed by atoms with van der Waals surface area (Å²) < 4.78 is 42.9. The van der Waals surface area contributed by atoms with Crippen LogP contribution in [0.15, 0.2) is 23.2 Å². The molecular weight excluding hydrogens is 269 g/mol. The van der Waals surface area contributed by atoms with E-state index in [0.29, 0.717) is 24.7 Å². The van der Waals surface area contributed by atoms with E-state index in [0.717, 1.165) is 11.1 Å². The van der Waals surface area contributed by atoms with E-state index in [1.165, 1.54) is 4.90 Å². The Hall–Kier alpha value is -1.72. The van der Waals surface area contributed by atoms with Crippen LogP contribution in [0.1, 0.15) is 11.1 Å².